The molecule has 2 heterocycles. The van der Waals surface area contributed by atoms with Crippen LogP contribution in [0.5, 0.6) is 17.2 Å². The number of carbonyl (C=O) groups excluding carboxylic acids is 2. The second kappa shape index (κ2) is 8.36. The summed E-state index contributed by atoms with van der Waals surface area (Å²) in [5.41, 5.74) is 1.27. The summed E-state index contributed by atoms with van der Waals surface area (Å²) in [6.07, 6.45) is 1.27. The number of hydrogen-bond acceptors (Lipinski definition) is 6. The van der Waals surface area contributed by atoms with Crippen molar-refractivity contribution >= 4 is 18.0 Å². The molecule has 1 fully saturated rings. The maximum absolute atomic E-state index is 12.5. The molecule has 2 aromatic carbocycles. The third-order valence-electron chi connectivity index (χ3n) is 4.60. The number of ketones is 1. The summed E-state index contributed by atoms with van der Waals surface area (Å²) in [6.45, 7) is 4.51. The summed E-state index contributed by atoms with van der Waals surface area (Å²) >= 11 is 0. The molecule has 0 unspecified atom stereocenters. The number of nitrogens with zero attached hydrogens (tertiary/aromatic N) is 1. The van der Waals surface area contributed by atoms with E-state index in [1.165, 1.54) is 0 Å². The van der Waals surface area contributed by atoms with E-state index >= 15 is 0 Å². The third-order valence-corrected chi connectivity index (χ3v) is 4.60. The van der Waals surface area contributed by atoms with Crippen molar-refractivity contribution in [3.8, 4) is 17.2 Å². The van der Waals surface area contributed by atoms with Crippen molar-refractivity contribution in [2.45, 2.75) is 6.92 Å². The van der Waals surface area contributed by atoms with Crippen molar-refractivity contribution in [1.29, 1.82) is 0 Å². The molecule has 0 aliphatic carbocycles. The van der Waals surface area contributed by atoms with Crippen LogP contribution in [0.15, 0.2) is 48.2 Å². The fourth-order valence-electron chi connectivity index (χ4n) is 3.12. The molecule has 7 nitrogen and oxygen atoms in total. The zero-order valence-electron chi connectivity index (χ0n) is 16.1. The minimum atomic E-state index is -0.394. The molecule has 150 valence electrons. The normalized spacial score (nSPS) is 17.1. The van der Waals surface area contributed by atoms with E-state index in [4.69, 9.17) is 18.9 Å². The van der Waals surface area contributed by atoms with Crippen LogP contribution in [0, 0.1) is 0 Å². The Kier molecular flexibility index (Phi) is 5.48. The second-order valence-electron chi connectivity index (χ2n) is 6.57. The fourth-order valence-corrected chi connectivity index (χ4v) is 3.12. The van der Waals surface area contributed by atoms with E-state index in [2.05, 4.69) is 0 Å². The summed E-state index contributed by atoms with van der Waals surface area (Å²) in [6, 6.07) is 12.1. The highest BCUT2D eigenvalue weighted by molar-refractivity contribution is 6.14. The third kappa shape index (κ3) is 4.25. The lowest BCUT2D eigenvalue weighted by molar-refractivity contribution is 0.0416. The van der Waals surface area contributed by atoms with Gasteiger partial charge in [0.1, 0.15) is 17.2 Å². The molecule has 0 bridgehead atoms. The molecule has 1 amide bonds. The molecule has 4 rings (SSSR count). The number of fused-ring (bicyclic) bond motifs is 1. The Morgan fingerprint density at radius 1 is 1.10 bits per heavy atom. The maximum Gasteiger partial charge on any atom is 0.415 e. The minimum Gasteiger partial charge on any atom is -0.494 e. The number of Topliss-reactive ketones (excluding diaryl/α,β-unsaturated/α-hetero) is 1. The lowest BCUT2D eigenvalue weighted by atomic mass is 10.1. The van der Waals surface area contributed by atoms with Crippen LogP contribution in [0.1, 0.15) is 22.8 Å². The fraction of sp³-hybridized carbons (Fsp3) is 0.273. The van der Waals surface area contributed by atoms with Gasteiger partial charge in [-0.3, -0.25) is 4.79 Å². The van der Waals surface area contributed by atoms with Crippen LogP contribution < -0.4 is 14.2 Å². The number of hydrogen-bond donors (Lipinski definition) is 0. The standard InChI is InChI=1S/C22H21NO6/c1-2-27-17-7-8-18-19(14-17)29-20(21(18)24)13-15-3-5-16(6-4-15)28-22(25)23-9-11-26-12-10-23/h3-8,13-14H,2,9-12H2,1H3/b20-13-. The average molecular weight is 395 g/mol. The molecule has 2 aliphatic heterocycles. The van der Waals surface area contributed by atoms with E-state index in [1.54, 1.807) is 53.4 Å². The number of ether oxygens (including phenoxy) is 4. The molecule has 0 spiro atoms. The van der Waals surface area contributed by atoms with Crippen LogP contribution in [0.4, 0.5) is 4.79 Å². The Hall–Kier alpha value is -3.32. The van der Waals surface area contributed by atoms with Crippen LogP contribution in [-0.2, 0) is 4.74 Å². The molecule has 0 atom stereocenters. The van der Waals surface area contributed by atoms with Gasteiger partial charge in [0.25, 0.3) is 0 Å². The first-order chi connectivity index (χ1) is 14.1. The van der Waals surface area contributed by atoms with E-state index < -0.39 is 6.09 Å². The molecule has 29 heavy (non-hydrogen) atoms. The molecule has 7 heteroatoms. The van der Waals surface area contributed by atoms with E-state index in [-0.39, 0.29) is 11.5 Å². The number of allylic oxidation sites excluding steroid dienone is 1. The number of amides is 1. The van der Waals surface area contributed by atoms with Gasteiger partial charge in [0.15, 0.2) is 5.76 Å². The smallest absolute Gasteiger partial charge is 0.415 e. The van der Waals surface area contributed by atoms with Gasteiger partial charge in [0.05, 0.1) is 25.4 Å². The van der Waals surface area contributed by atoms with Gasteiger partial charge in [-0.15, -0.1) is 0 Å². The van der Waals surface area contributed by atoms with Crippen molar-refractivity contribution in [2.24, 2.45) is 0 Å². The van der Waals surface area contributed by atoms with Crippen molar-refractivity contribution in [1.82, 2.24) is 4.90 Å². The van der Waals surface area contributed by atoms with Crippen molar-refractivity contribution < 1.29 is 28.5 Å². The summed E-state index contributed by atoms with van der Waals surface area (Å²) in [5, 5.41) is 0. The summed E-state index contributed by atoms with van der Waals surface area (Å²) in [5.74, 6) is 1.65. The quantitative estimate of drug-likeness (QED) is 0.738. The highest BCUT2D eigenvalue weighted by atomic mass is 16.6. The van der Waals surface area contributed by atoms with Crippen molar-refractivity contribution in [3.63, 3.8) is 0 Å². The minimum absolute atomic E-state index is 0.175. The van der Waals surface area contributed by atoms with Crippen molar-refractivity contribution in [3.05, 3.63) is 59.4 Å². The van der Waals surface area contributed by atoms with Gasteiger partial charge in [0.2, 0.25) is 5.78 Å². The average Bonchev–Trinajstić information content (AvgIpc) is 3.05. The Bertz CT molecular complexity index is 944. The Morgan fingerprint density at radius 2 is 1.83 bits per heavy atom. The van der Waals surface area contributed by atoms with Gasteiger partial charge < -0.3 is 23.8 Å². The van der Waals surface area contributed by atoms with Gasteiger partial charge in [-0.2, -0.15) is 0 Å². The maximum atomic E-state index is 12.5. The molecule has 0 radical (unpaired) electrons. The van der Waals surface area contributed by atoms with Crippen LogP contribution >= 0.6 is 0 Å². The second-order valence-corrected chi connectivity index (χ2v) is 6.57. The SMILES string of the molecule is CCOc1ccc2c(c1)O/C(=C\c1ccc(OC(=O)N3CCOCC3)cc1)C2=O. The number of benzene rings is 2. The Labute approximate surface area is 168 Å². The van der Waals surface area contributed by atoms with Crippen LogP contribution in [0.25, 0.3) is 6.08 Å². The lowest BCUT2D eigenvalue weighted by Crippen LogP contribution is -2.42. The summed E-state index contributed by atoms with van der Waals surface area (Å²) in [4.78, 5) is 26.3. The first-order valence-electron chi connectivity index (χ1n) is 9.49. The van der Waals surface area contributed by atoms with Gasteiger partial charge in [0, 0.05) is 19.2 Å². The van der Waals surface area contributed by atoms with Crippen LogP contribution in [0.3, 0.4) is 0 Å². The van der Waals surface area contributed by atoms with Gasteiger partial charge >= 0.3 is 6.09 Å². The van der Waals surface area contributed by atoms with E-state index in [1.807, 2.05) is 6.92 Å². The van der Waals surface area contributed by atoms with Gasteiger partial charge in [-0.1, -0.05) is 12.1 Å². The van der Waals surface area contributed by atoms with Gasteiger partial charge in [-0.25, -0.2) is 4.79 Å². The van der Waals surface area contributed by atoms with Crippen molar-refractivity contribution in [2.75, 3.05) is 32.9 Å². The molecular weight excluding hydrogens is 374 g/mol. The molecule has 2 aromatic rings. The van der Waals surface area contributed by atoms with E-state index in [9.17, 15) is 9.59 Å². The van der Waals surface area contributed by atoms with Gasteiger partial charge in [-0.05, 0) is 42.8 Å². The number of morpholine rings is 1. The zero-order chi connectivity index (χ0) is 20.2. The van der Waals surface area contributed by atoms with Crippen LogP contribution in [0.2, 0.25) is 0 Å². The largest absolute Gasteiger partial charge is 0.494 e. The summed E-state index contributed by atoms with van der Waals surface area (Å²) < 4.78 is 21.8. The zero-order valence-corrected chi connectivity index (χ0v) is 16.1. The monoisotopic (exact) mass is 395 g/mol. The van der Waals surface area contributed by atoms with E-state index in [0.717, 1.165) is 5.56 Å². The number of carbonyl (C=O) groups is 2. The first kappa shape index (κ1) is 19.0. The lowest BCUT2D eigenvalue weighted by Gasteiger charge is -2.25. The molecule has 0 N–H and O–H groups in total. The van der Waals surface area contributed by atoms with Crippen LogP contribution in [-0.4, -0.2) is 49.7 Å². The highest BCUT2D eigenvalue weighted by Crippen LogP contribution is 2.35. The molecule has 0 aromatic heterocycles. The molecule has 0 saturated carbocycles. The Balaban J connectivity index is 1.43. The first-order valence-corrected chi connectivity index (χ1v) is 9.49. The topological polar surface area (TPSA) is 74.3 Å². The predicted molar refractivity (Wildman–Crippen MR) is 105 cm³/mol. The number of rotatable bonds is 4. The van der Waals surface area contributed by atoms with E-state index in [0.29, 0.717) is 55.7 Å². The highest BCUT2D eigenvalue weighted by Gasteiger charge is 2.27. The molecule has 2 aliphatic rings. The molecular formula is C22H21NO6. The predicted octanol–water partition coefficient (Wildman–Crippen LogP) is 3.53. The molecule has 1 saturated heterocycles. The summed E-state index contributed by atoms with van der Waals surface area (Å²) in [7, 11) is 0. The Morgan fingerprint density at radius 3 is 2.55 bits per heavy atom.